The van der Waals surface area contributed by atoms with E-state index in [0.29, 0.717) is 0 Å². The fourth-order valence-electron chi connectivity index (χ4n) is 8.88. The molecular formula is C48H37N3. The predicted molar refractivity (Wildman–Crippen MR) is 213 cm³/mol. The number of hydrogen-bond acceptors (Lipinski definition) is 1. The molecule has 0 atom stereocenters. The Morgan fingerprint density at radius 1 is 0.451 bits per heavy atom. The summed E-state index contributed by atoms with van der Waals surface area (Å²) >= 11 is 0. The lowest BCUT2D eigenvalue weighted by Gasteiger charge is -2.30. The molecule has 3 heteroatoms. The first-order chi connectivity index (χ1) is 25.2. The first kappa shape index (κ1) is 29.7. The van der Waals surface area contributed by atoms with E-state index in [1.807, 2.05) is 0 Å². The Kier molecular flexibility index (Phi) is 6.66. The molecule has 7 aromatic carbocycles. The number of rotatable bonds is 6. The molecule has 2 aromatic heterocycles. The van der Waals surface area contributed by atoms with Crippen molar-refractivity contribution < 1.29 is 0 Å². The number of nitrogens with zero attached hydrogens (tertiary/aromatic N) is 3. The van der Waals surface area contributed by atoms with E-state index in [-0.39, 0.29) is 5.41 Å². The van der Waals surface area contributed by atoms with Gasteiger partial charge in [0.1, 0.15) is 5.82 Å². The highest BCUT2D eigenvalue weighted by Gasteiger charge is 2.41. The Hall–Kier alpha value is -6.19. The number of aromatic nitrogens is 3. The molecule has 0 spiro atoms. The van der Waals surface area contributed by atoms with Gasteiger partial charge in [-0.05, 0) is 101 Å². The van der Waals surface area contributed by atoms with Crippen LogP contribution in [0.25, 0.3) is 77.9 Å². The minimum atomic E-state index is -0.0596. The van der Waals surface area contributed by atoms with Crippen molar-refractivity contribution in [2.45, 2.75) is 32.1 Å². The number of benzene rings is 7. The lowest BCUT2D eigenvalue weighted by molar-refractivity contribution is 0.490. The van der Waals surface area contributed by atoms with Crippen LogP contribution in [0.3, 0.4) is 0 Å². The van der Waals surface area contributed by atoms with Crippen molar-refractivity contribution in [3.05, 3.63) is 175 Å². The van der Waals surface area contributed by atoms with Crippen LogP contribution in [-0.2, 0) is 5.41 Å². The van der Waals surface area contributed by atoms with Gasteiger partial charge >= 0.3 is 0 Å². The summed E-state index contributed by atoms with van der Waals surface area (Å²) in [5.41, 5.74) is 16.0. The van der Waals surface area contributed by atoms with Gasteiger partial charge in [-0.15, -0.1) is 0 Å². The zero-order valence-corrected chi connectivity index (χ0v) is 28.8. The largest absolute Gasteiger partial charge is 0.309 e. The smallest absolute Gasteiger partial charge is 0.145 e. The third-order valence-corrected chi connectivity index (χ3v) is 11.4. The fraction of sp³-hybridized carbons (Fsp3) is 0.104. The molecule has 10 rings (SSSR count). The van der Waals surface area contributed by atoms with E-state index >= 15 is 0 Å². The van der Waals surface area contributed by atoms with Gasteiger partial charge in [-0.2, -0.15) is 0 Å². The van der Waals surface area contributed by atoms with Crippen LogP contribution in [0.4, 0.5) is 0 Å². The van der Waals surface area contributed by atoms with E-state index in [4.69, 9.17) is 4.98 Å². The maximum atomic E-state index is 5.09. The quantitative estimate of drug-likeness (QED) is 0.175. The highest BCUT2D eigenvalue weighted by atomic mass is 15.1. The summed E-state index contributed by atoms with van der Waals surface area (Å²) in [6.45, 7) is 4.71. The van der Waals surface area contributed by atoms with Crippen LogP contribution in [-0.4, -0.2) is 14.1 Å². The van der Waals surface area contributed by atoms with Crippen LogP contribution in [0.2, 0.25) is 0 Å². The summed E-state index contributed by atoms with van der Waals surface area (Å²) in [5, 5.41) is 2.59. The van der Waals surface area contributed by atoms with Gasteiger partial charge < -0.3 is 4.57 Å². The molecule has 3 nitrogen and oxygen atoms in total. The van der Waals surface area contributed by atoms with Crippen LogP contribution in [0.15, 0.2) is 164 Å². The second kappa shape index (κ2) is 11.4. The van der Waals surface area contributed by atoms with Crippen LogP contribution in [0.5, 0.6) is 0 Å². The van der Waals surface area contributed by atoms with E-state index in [1.165, 1.54) is 60.9 Å². The molecular weight excluding hydrogens is 619 g/mol. The maximum Gasteiger partial charge on any atom is 0.145 e. The van der Waals surface area contributed by atoms with E-state index < -0.39 is 0 Å². The predicted octanol–water partition coefficient (Wildman–Crippen LogP) is 12.5. The van der Waals surface area contributed by atoms with Gasteiger partial charge in [-0.1, -0.05) is 123 Å². The summed E-state index contributed by atoms with van der Waals surface area (Å²) in [5.74, 6) is 0.952. The average molecular weight is 656 g/mol. The second-order valence-corrected chi connectivity index (χ2v) is 13.8. The molecule has 0 fully saturated rings. The Bertz CT molecular complexity index is 2710. The van der Waals surface area contributed by atoms with Crippen molar-refractivity contribution in [2.75, 3.05) is 0 Å². The number of hydrogen-bond donors (Lipinski definition) is 0. The summed E-state index contributed by atoms with van der Waals surface area (Å²) in [4.78, 5) is 5.09. The summed E-state index contributed by atoms with van der Waals surface area (Å²) in [6.07, 6.45) is 2.08. The summed E-state index contributed by atoms with van der Waals surface area (Å²) in [7, 11) is 0. The van der Waals surface area contributed by atoms with Crippen molar-refractivity contribution >= 4 is 32.8 Å². The first-order valence-corrected chi connectivity index (χ1v) is 18.1. The average Bonchev–Trinajstić information content (AvgIpc) is 3.84. The molecule has 2 heterocycles. The molecule has 244 valence electrons. The van der Waals surface area contributed by atoms with Gasteiger partial charge in [0.05, 0.1) is 22.1 Å². The first-order valence-electron chi connectivity index (χ1n) is 18.1. The number of para-hydroxylation sites is 5. The van der Waals surface area contributed by atoms with Gasteiger partial charge in [-0.25, -0.2) is 4.98 Å². The lowest BCUT2D eigenvalue weighted by atomic mass is 9.73. The van der Waals surface area contributed by atoms with Gasteiger partial charge in [-0.3, -0.25) is 4.57 Å². The topological polar surface area (TPSA) is 22.8 Å². The van der Waals surface area contributed by atoms with Crippen LogP contribution >= 0.6 is 0 Å². The van der Waals surface area contributed by atoms with Gasteiger partial charge in [0.2, 0.25) is 0 Å². The van der Waals surface area contributed by atoms with Crippen molar-refractivity contribution in [2.24, 2.45) is 0 Å². The zero-order valence-electron chi connectivity index (χ0n) is 28.8. The standard InChI is InChI=1S/C48H37N3/c1-3-48(4-2)41-30-34(32-22-24-33(25-23-32)47-49-43-18-10-13-21-46(43)51(47)35-14-6-5-7-15-35)26-28-37(41)38-29-27-36(31-42(38)48)50-44-19-11-8-16-39(44)40-17-9-12-20-45(40)50/h5-31H,3-4H2,1-2H3. The monoisotopic (exact) mass is 655 g/mol. The van der Waals surface area contributed by atoms with Gasteiger partial charge in [0.15, 0.2) is 0 Å². The molecule has 0 radical (unpaired) electrons. The molecule has 0 amide bonds. The fourth-order valence-corrected chi connectivity index (χ4v) is 8.88. The molecule has 0 N–H and O–H groups in total. The molecule has 9 aromatic rings. The Labute approximate surface area is 298 Å². The molecule has 1 aliphatic carbocycles. The summed E-state index contributed by atoms with van der Waals surface area (Å²) in [6, 6.07) is 59.7. The minimum absolute atomic E-state index is 0.0596. The van der Waals surface area contributed by atoms with Crippen LogP contribution < -0.4 is 0 Å². The Morgan fingerprint density at radius 3 is 1.69 bits per heavy atom. The van der Waals surface area contributed by atoms with E-state index in [9.17, 15) is 0 Å². The minimum Gasteiger partial charge on any atom is -0.309 e. The third kappa shape index (κ3) is 4.34. The SMILES string of the molecule is CCC1(CC)c2cc(-c3ccc(-c4nc5ccccc5n4-c4ccccc4)cc3)ccc2-c2ccc(-n3c4ccccc4c4ccccc43)cc21. The third-order valence-electron chi connectivity index (χ3n) is 11.4. The van der Waals surface area contributed by atoms with Gasteiger partial charge in [0, 0.05) is 33.1 Å². The normalized spacial score (nSPS) is 13.2. The molecule has 0 aliphatic heterocycles. The zero-order chi connectivity index (χ0) is 34.1. The molecule has 0 saturated heterocycles. The maximum absolute atomic E-state index is 5.09. The molecule has 0 unspecified atom stereocenters. The van der Waals surface area contributed by atoms with Gasteiger partial charge in [0.25, 0.3) is 0 Å². The van der Waals surface area contributed by atoms with E-state index in [2.05, 4.69) is 187 Å². The van der Waals surface area contributed by atoms with Crippen molar-refractivity contribution in [1.82, 2.24) is 14.1 Å². The van der Waals surface area contributed by atoms with Crippen molar-refractivity contribution in [1.29, 1.82) is 0 Å². The molecule has 51 heavy (non-hydrogen) atoms. The Morgan fingerprint density at radius 2 is 1.00 bits per heavy atom. The molecule has 1 aliphatic rings. The second-order valence-electron chi connectivity index (χ2n) is 13.8. The molecule has 0 bridgehead atoms. The van der Waals surface area contributed by atoms with E-state index in [1.54, 1.807) is 0 Å². The van der Waals surface area contributed by atoms with Crippen LogP contribution in [0, 0.1) is 0 Å². The van der Waals surface area contributed by atoms with Crippen molar-refractivity contribution in [3.63, 3.8) is 0 Å². The van der Waals surface area contributed by atoms with Crippen molar-refractivity contribution in [3.8, 4) is 45.0 Å². The molecule has 0 saturated carbocycles. The summed E-state index contributed by atoms with van der Waals surface area (Å²) < 4.78 is 4.71. The Balaban J connectivity index is 1.06. The van der Waals surface area contributed by atoms with E-state index in [0.717, 1.165) is 41.0 Å². The van der Waals surface area contributed by atoms with Crippen LogP contribution in [0.1, 0.15) is 37.8 Å². The number of fused-ring (bicyclic) bond motifs is 7. The lowest BCUT2D eigenvalue weighted by Crippen LogP contribution is -2.23. The highest BCUT2D eigenvalue weighted by molar-refractivity contribution is 6.09. The highest BCUT2D eigenvalue weighted by Crippen LogP contribution is 2.54. The number of imidazole rings is 1.